The fourth-order valence-electron chi connectivity index (χ4n) is 1.78. The van der Waals surface area contributed by atoms with Gasteiger partial charge in [0.2, 0.25) is 0 Å². The summed E-state index contributed by atoms with van der Waals surface area (Å²) in [4.78, 5) is 0. The van der Waals surface area contributed by atoms with Gasteiger partial charge in [0.05, 0.1) is 0 Å². The molecule has 0 bridgehead atoms. The van der Waals surface area contributed by atoms with Crippen LogP contribution in [0.15, 0.2) is 46.9 Å². The lowest BCUT2D eigenvalue weighted by molar-refractivity contribution is 0.295. The summed E-state index contributed by atoms with van der Waals surface area (Å²) < 4.78 is 20.1. The van der Waals surface area contributed by atoms with Crippen LogP contribution in [0.3, 0.4) is 0 Å². The number of hydrogen-bond donors (Lipinski definition) is 1. The van der Waals surface area contributed by atoms with Crippen molar-refractivity contribution in [1.82, 2.24) is 0 Å². The van der Waals surface area contributed by atoms with Gasteiger partial charge >= 0.3 is 0 Å². The lowest BCUT2D eigenvalue weighted by atomic mass is 10.1. The van der Waals surface area contributed by atoms with Crippen molar-refractivity contribution in [1.29, 1.82) is 0 Å². The van der Waals surface area contributed by atoms with E-state index in [1.54, 1.807) is 18.2 Å². The molecule has 100 valence electrons. The molecule has 0 aromatic heterocycles. The number of benzene rings is 2. The molecule has 0 saturated heterocycles. The molecule has 19 heavy (non-hydrogen) atoms. The van der Waals surface area contributed by atoms with Crippen LogP contribution in [0.5, 0.6) is 5.75 Å². The minimum absolute atomic E-state index is 0.135. The van der Waals surface area contributed by atoms with Crippen molar-refractivity contribution in [3.63, 3.8) is 0 Å². The monoisotopic (exact) mass is 323 g/mol. The van der Waals surface area contributed by atoms with E-state index in [2.05, 4.69) is 15.9 Å². The molecule has 0 aliphatic heterocycles. The fourth-order valence-corrected chi connectivity index (χ4v) is 2.12. The molecule has 1 atom stereocenters. The molecule has 0 radical (unpaired) electrons. The highest BCUT2D eigenvalue weighted by atomic mass is 79.9. The van der Waals surface area contributed by atoms with E-state index in [1.165, 1.54) is 6.07 Å². The maximum atomic E-state index is 13.5. The molecule has 2 aromatic rings. The van der Waals surface area contributed by atoms with Gasteiger partial charge in [0.1, 0.15) is 18.2 Å². The van der Waals surface area contributed by atoms with Crippen LogP contribution in [0.4, 0.5) is 4.39 Å². The lowest BCUT2D eigenvalue weighted by Crippen LogP contribution is -2.08. The van der Waals surface area contributed by atoms with Crippen LogP contribution in [-0.2, 0) is 6.61 Å². The maximum absolute atomic E-state index is 13.5. The normalized spacial score (nSPS) is 12.2. The average Bonchev–Trinajstić information content (AvgIpc) is 2.37. The highest BCUT2D eigenvalue weighted by Gasteiger charge is 2.10. The van der Waals surface area contributed by atoms with Crippen LogP contribution in [-0.4, -0.2) is 0 Å². The van der Waals surface area contributed by atoms with Gasteiger partial charge in [-0.25, -0.2) is 4.39 Å². The SMILES string of the molecule is C[C@@H](N)c1ccc(Br)cc1OCc1ccccc1F. The largest absolute Gasteiger partial charge is 0.488 e. The van der Waals surface area contributed by atoms with E-state index < -0.39 is 0 Å². The Labute approximate surface area is 120 Å². The third-order valence-electron chi connectivity index (χ3n) is 2.81. The van der Waals surface area contributed by atoms with Crippen LogP contribution < -0.4 is 10.5 Å². The van der Waals surface area contributed by atoms with Gasteiger partial charge in [-0.1, -0.05) is 40.2 Å². The number of ether oxygens (including phenoxy) is 1. The van der Waals surface area contributed by atoms with Crippen molar-refractivity contribution in [2.24, 2.45) is 5.73 Å². The summed E-state index contributed by atoms with van der Waals surface area (Å²) in [5, 5.41) is 0. The van der Waals surface area contributed by atoms with Crippen LogP contribution >= 0.6 is 15.9 Å². The Kier molecular flexibility index (Phi) is 4.56. The summed E-state index contributed by atoms with van der Waals surface area (Å²) in [6, 6.07) is 12.1. The van der Waals surface area contributed by atoms with Gasteiger partial charge in [0.15, 0.2) is 0 Å². The first kappa shape index (κ1) is 14.0. The van der Waals surface area contributed by atoms with Gasteiger partial charge in [-0.2, -0.15) is 0 Å². The second-order valence-corrected chi connectivity index (χ2v) is 5.27. The average molecular weight is 324 g/mol. The second-order valence-electron chi connectivity index (χ2n) is 4.35. The van der Waals surface area contributed by atoms with Gasteiger partial charge in [0.25, 0.3) is 0 Å². The van der Waals surface area contributed by atoms with Crippen molar-refractivity contribution >= 4 is 15.9 Å². The number of rotatable bonds is 4. The molecule has 2 nitrogen and oxygen atoms in total. The number of hydrogen-bond acceptors (Lipinski definition) is 2. The van der Waals surface area contributed by atoms with E-state index in [9.17, 15) is 4.39 Å². The predicted molar refractivity (Wildman–Crippen MR) is 77.5 cm³/mol. The van der Waals surface area contributed by atoms with Crippen LogP contribution in [0.2, 0.25) is 0 Å². The van der Waals surface area contributed by atoms with E-state index in [0.717, 1.165) is 10.0 Å². The van der Waals surface area contributed by atoms with Crippen molar-refractivity contribution in [2.75, 3.05) is 0 Å². The number of halogens is 2. The Morgan fingerprint density at radius 3 is 2.68 bits per heavy atom. The number of nitrogens with two attached hydrogens (primary N) is 1. The minimum Gasteiger partial charge on any atom is -0.488 e. The zero-order valence-electron chi connectivity index (χ0n) is 10.6. The molecule has 0 aliphatic carbocycles. The summed E-state index contributed by atoms with van der Waals surface area (Å²) in [7, 11) is 0. The molecule has 0 aliphatic rings. The standard InChI is InChI=1S/C15H15BrFNO/c1-10(18)13-7-6-12(16)8-15(13)19-9-11-4-2-3-5-14(11)17/h2-8,10H,9,18H2,1H3/t10-/m1/s1. The maximum Gasteiger partial charge on any atom is 0.129 e. The smallest absolute Gasteiger partial charge is 0.129 e. The van der Waals surface area contributed by atoms with E-state index in [4.69, 9.17) is 10.5 Å². The first-order valence-corrected chi connectivity index (χ1v) is 6.78. The van der Waals surface area contributed by atoms with Gasteiger partial charge in [-0.15, -0.1) is 0 Å². The van der Waals surface area contributed by atoms with Gasteiger partial charge in [-0.3, -0.25) is 0 Å². The molecule has 0 spiro atoms. The lowest BCUT2D eigenvalue weighted by Gasteiger charge is -2.14. The fraction of sp³-hybridized carbons (Fsp3) is 0.200. The Morgan fingerprint density at radius 1 is 1.26 bits per heavy atom. The molecular formula is C15H15BrFNO. The molecule has 0 fully saturated rings. The molecule has 0 unspecified atom stereocenters. The Balaban J connectivity index is 2.19. The molecule has 0 saturated carbocycles. The van der Waals surface area contributed by atoms with Crippen molar-refractivity contribution in [3.05, 3.63) is 63.9 Å². The Bertz CT molecular complexity index is 572. The second kappa shape index (κ2) is 6.17. The first-order chi connectivity index (χ1) is 9.08. The molecule has 2 rings (SSSR count). The highest BCUT2D eigenvalue weighted by Crippen LogP contribution is 2.28. The van der Waals surface area contributed by atoms with Crippen LogP contribution in [0, 0.1) is 5.82 Å². The predicted octanol–water partition coefficient (Wildman–Crippen LogP) is 4.19. The van der Waals surface area contributed by atoms with E-state index in [1.807, 2.05) is 25.1 Å². The van der Waals surface area contributed by atoms with Crippen molar-refractivity contribution in [2.45, 2.75) is 19.6 Å². The van der Waals surface area contributed by atoms with E-state index in [0.29, 0.717) is 11.3 Å². The summed E-state index contributed by atoms with van der Waals surface area (Å²) in [6.45, 7) is 2.07. The van der Waals surface area contributed by atoms with Gasteiger partial charge < -0.3 is 10.5 Å². The van der Waals surface area contributed by atoms with Gasteiger partial charge in [0, 0.05) is 21.6 Å². The van der Waals surface area contributed by atoms with E-state index in [-0.39, 0.29) is 18.5 Å². The Morgan fingerprint density at radius 2 is 2.00 bits per heavy atom. The van der Waals surface area contributed by atoms with Crippen LogP contribution in [0.1, 0.15) is 24.1 Å². The van der Waals surface area contributed by atoms with Crippen molar-refractivity contribution < 1.29 is 9.13 Å². The third kappa shape index (κ3) is 3.55. The molecule has 2 N–H and O–H groups in total. The molecule has 4 heteroatoms. The summed E-state index contributed by atoms with van der Waals surface area (Å²) in [5.41, 5.74) is 7.32. The van der Waals surface area contributed by atoms with E-state index >= 15 is 0 Å². The molecule has 2 aromatic carbocycles. The summed E-state index contributed by atoms with van der Waals surface area (Å²) >= 11 is 3.39. The molecule has 0 amide bonds. The zero-order valence-corrected chi connectivity index (χ0v) is 12.2. The summed E-state index contributed by atoms with van der Waals surface area (Å²) in [5.74, 6) is 0.410. The van der Waals surface area contributed by atoms with Crippen LogP contribution in [0.25, 0.3) is 0 Å². The highest BCUT2D eigenvalue weighted by molar-refractivity contribution is 9.10. The van der Waals surface area contributed by atoms with Gasteiger partial charge in [-0.05, 0) is 25.1 Å². The molecular weight excluding hydrogens is 309 g/mol. The Hall–Kier alpha value is -1.39. The zero-order chi connectivity index (χ0) is 13.8. The van der Waals surface area contributed by atoms with Crippen molar-refractivity contribution in [3.8, 4) is 5.75 Å². The topological polar surface area (TPSA) is 35.2 Å². The quantitative estimate of drug-likeness (QED) is 0.915. The first-order valence-electron chi connectivity index (χ1n) is 5.99. The minimum atomic E-state index is -0.264. The summed E-state index contributed by atoms with van der Waals surface area (Å²) in [6.07, 6.45) is 0. The third-order valence-corrected chi connectivity index (χ3v) is 3.30. The molecule has 0 heterocycles.